The van der Waals surface area contributed by atoms with Crippen molar-refractivity contribution in [2.75, 3.05) is 7.11 Å². The lowest BCUT2D eigenvalue weighted by atomic mass is 9.92. The van der Waals surface area contributed by atoms with Gasteiger partial charge in [-0.25, -0.2) is 4.98 Å². The van der Waals surface area contributed by atoms with Crippen LogP contribution in [-0.2, 0) is 16.9 Å². The first kappa shape index (κ1) is 21.1. The summed E-state index contributed by atoms with van der Waals surface area (Å²) in [6, 6.07) is 28.1. The Morgan fingerprint density at radius 2 is 1.70 bits per heavy atom. The lowest BCUT2D eigenvalue weighted by molar-refractivity contribution is -0.131. The number of rotatable bonds is 5. The first-order chi connectivity index (χ1) is 16.0. The molecule has 1 amide bonds. The van der Waals surface area contributed by atoms with E-state index in [-0.39, 0.29) is 5.91 Å². The molecule has 5 nitrogen and oxygen atoms in total. The number of hydrogen-bond donors (Lipinski definition) is 1. The van der Waals surface area contributed by atoms with Crippen molar-refractivity contribution in [3.63, 3.8) is 0 Å². The van der Waals surface area contributed by atoms with Crippen LogP contribution in [0.5, 0.6) is 5.88 Å². The molecule has 6 heteroatoms. The SMILES string of the molecule is COc1nc(-c2ccc3ccccc3c2)ccc1C1(C)NC(=S)N(Cc2ccccc2)C1=O. The van der Waals surface area contributed by atoms with Gasteiger partial charge in [0, 0.05) is 11.1 Å². The van der Waals surface area contributed by atoms with Gasteiger partial charge in [0.25, 0.3) is 5.91 Å². The number of carbonyl (C=O) groups excluding carboxylic acids is 1. The molecule has 1 aliphatic heterocycles. The van der Waals surface area contributed by atoms with Gasteiger partial charge in [0.15, 0.2) is 5.11 Å². The number of aromatic nitrogens is 1. The van der Waals surface area contributed by atoms with E-state index in [4.69, 9.17) is 21.9 Å². The number of hydrogen-bond acceptors (Lipinski definition) is 4. The molecule has 3 aromatic carbocycles. The standard InChI is InChI=1S/C27H23N3O2S/c1-27(25(31)30(26(33)29-27)17-18-8-4-3-5-9-18)22-14-15-23(28-24(22)32-2)21-13-12-19-10-6-7-11-20(19)16-21/h3-16H,17H2,1-2H3,(H,29,33). The number of thiocarbonyl (C=S) groups is 1. The van der Waals surface area contributed by atoms with Crippen LogP contribution in [0.4, 0.5) is 0 Å². The molecule has 1 unspecified atom stereocenters. The Labute approximate surface area is 198 Å². The number of ether oxygens (including phenoxy) is 1. The molecule has 0 radical (unpaired) electrons. The topological polar surface area (TPSA) is 54.5 Å². The minimum atomic E-state index is -1.06. The summed E-state index contributed by atoms with van der Waals surface area (Å²) >= 11 is 5.53. The highest BCUT2D eigenvalue weighted by Gasteiger charge is 2.48. The maximum atomic E-state index is 13.5. The van der Waals surface area contributed by atoms with E-state index < -0.39 is 5.54 Å². The molecule has 1 saturated heterocycles. The average molecular weight is 454 g/mol. The lowest BCUT2D eigenvalue weighted by Crippen LogP contribution is -2.41. The van der Waals surface area contributed by atoms with Crippen molar-refractivity contribution in [3.8, 4) is 17.1 Å². The second kappa shape index (κ2) is 8.30. The molecule has 0 aliphatic carbocycles. The molecule has 5 rings (SSSR count). The first-order valence-electron chi connectivity index (χ1n) is 10.7. The summed E-state index contributed by atoms with van der Waals surface area (Å²) in [7, 11) is 1.57. The number of nitrogens with zero attached hydrogens (tertiary/aromatic N) is 2. The van der Waals surface area contributed by atoms with E-state index in [1.165, 1.54) is 5.39 Å². The van der Waals surface area contributed by atoms with Gasteiger partial charge in [0.1, 0.15) is 5.54 Å². The van der Waals surface area contributed by atoms with Crippen LogP contribution in [0.2, 0.25) is 0 Å². The molecule has 1 aromatic heterocycles. The normalized spacial score (nSPS) is 17.9. The van der Waals surface area contributed by atoms with Gasteiger partial charge < -0.3 is 10.1 Å². The fraction of sp³-hybridized carbons (Fsp3) is 0.148. The predicted molar refractivity (Wildman–Crippen MR) is 134 cm³/mol. The van der Waals surface area contributed by atoms with E-state index in [9.17, 15) is 4.79 Å². The van der Waals surface area contributed by atoms with Crippen LogP contribution in [0.15, 0.2) is 84.9 Å². The molecule has 1 aliphatic rings. The van der Waals surface area contributed by atoms with Crippen LogP contribution in [0, 0.1) is 0 Å². The van der Waals surface area contributed by atoms with Crippen molar-refractivity contribution in [3.05, 3.63) is 96.1 Å². The summed E-state index contributed by atoms with van der Waals surface area (Å²) in [6.45, 7) is 2.23. The fourth-order valence-electron chi connectivity index (χ4n) is 4.28. The third kappa shape index (κ3) is 3.72. The summed E-state index contributed by atoms with van der Waals surface area (Å²) in [5, 5.41) is 5.92. The van der Waals surface area contributed by atoms with Gasteiger partial charge in [0.2, 0.25) is 5.88 Å². The monoisotopic (exact) mass is 453 g/mol. The number of fused-ring (bicyclic) bond motifs is 1. The van der Waals surface area contributed by atoms with E-state index in [0.717, 1.165) is 22.2 Å². The molecule has 0 saturated carbocycles. The Balaban J connectivity index is 1.49. The minimum Gasteiger partial charge on any atom is -0.481 e. The van der Waals surface area contributed by atoms with Gasteiger partial charge in [-0.05, 0) is 53.7 Å². The summed E-state index contributed by atoms with van der Waals surface area (Å²) in [5.74, 6) is 0.267. The number of carbonyl (C=O) groups is 1. The minimum absolute atomic E-state index is 0.130. The van der Waals surface area contributed by atoms with Crippen molar-refractivity contribution < 1.29 is 9.53 Å². The molecular weight excluding hydrogens is 430 g/mol. The highest BCUT2D eigenvalue weighted by molar-refractivity contribution is 7.80. The zero-order chi connectivity index (χ0) is 23.0. The van der Waals surface area contributed by atoms with E-state index in [1.54, 1.807) is 12.0 Å². The number of amides is 1. The molecule has 4 aromatic rings. The number of pyridine rings is 1. The number of nitrogens with one attached hydrogen (secondary N) is 1. The Morgan fingerprint density at radius 3 is 2.45 bits per heavy atom. The highest BCUT2D eigenvalue weighted by Crippen LogP contribution is 2.36. The molecular formula is C27H23N3O2S. The molecule has 1 N–H and O–H groups in total. The second-order valence-corrected chi connectivity index (χ2v) is 8.63. The summed E-state index contributed by atoms with van der Waals surface area (Å²) in [6.07, 6.45) is 0. The van der Waals surface area contributed by atoms with E-state index in [2.05, 4.69) is 29.6 Å². The Hall–Kier alpha value is -3.77. The Morgan fingerprint density at radius 1 is 0.970 bits per heavy atom. The fourth-order valence-corrected chi connectivity index (χ4v) is 4.63. The molecule has 33 heavy (non-hydrogen) atoms. The maximum absolute atomic E-state index is 13.5. The van der Waals surface area contributed by atoms with Crippen LogP contribution >= 0.6 is 12.2 Å². The molecule has 2 heterocycles. The van der Waals surface area contributed by atoms with Crippen molar-refractivity contribution in [2.45, 2.75) is 19.0 Å². The summed E-state index contributed by atoms with van der Waals surface area (Å²) in [5.41, 5.74) is 2.36. The van der Waals surface area contributed by atoms with Crippen LogP contribution in [0.1, 0.15) is 18.1 Å². The molecule has 164 valence electrons. The van der Waals surface area contributed by atoms with Gasteiger partial charge in [0.05, 0.1) is 19.3 Å². The smallest absolute Gasteiger partial charge is 0.259 e. The third-order valence-electron chi connectivity index (χ3n) is 6.10. The number of methoxy groups -OCH3 is 1. The zero-order valence-electron chi connectivity index (χ0n) is 18.4. The largest absolute Gasteiger partial charge is 0.481 e. The maximum Gasteiger partial charge on any atom is 0.259 e. The van der Waals surface area contributed by atoms with Crippen molar-refractivity contribution in [2.24, 2.45) is 0 Å². The van der Waals surface area contributed by atoms with Gasteiger partial charge in [-0.15, -0.1) is 0 Å². The first-order valence-corrected chi connectivity index (χ1v) is 11.1. The van der Waals surface area contributed by atoms with Crippen LogP contribution in [0.3, 0.4) is 0 Å². The van der Waals surface area contributed by atoms with Crippen LogP contribution < -0.4 is 10.1 Å². The summed E-state index contributed by atoms with van der Waals surface area (Å²) < 4.78 is 5.64. The van der Waals surface area contributed by atoms with Crippen molar-refractivity contribution in [1.29, 1.82) is 0 Å². The number of benzene rings is 3. The van der Waals surface area contributed by atoms with Crippen LogP contribution in [0.25, 0.3) is 22.0 Å². The lowest BCUT2D eigenvalue weighted by Gasteiger charge is -2.24. The van der Waals surface area contributed by atoms with E-state index in [1.807, 2.05) is 67.6 Å². The van der Waals surface area contributed by atoms with E-state index in [0.29, 0.717) is 23.1 Å². The van der Waals surface area contributed by atoms with Gasteiger partial charge in [-0.2, -0.15) is 0 Å². The molecule has 1 atom stereocenters. The van der Waals surface area contributed by atoms with Crippen LogP contribution in [-0.4, -0.2) is 28.0 Å². The van der Waals surface area contributed by atoms with Crippen molar-refractivity contribution >= 4 is 34.0 Å². The average Bonchev–Trinajstić information content (AvgIpc) is 3.07. The molecule has 0 bridgehead atoms. The molecule has 1 fully saturated rings. The third-order valence-corrected chi connectivity index (χ3v) is 6.42. The quantitative estimate of drug-likeness (QED) is 0.429. The molecule has 0 spiro atoms. The highest BCUT2D eigenvalue weighted by atomic mass is 32.1. The predicted octanol–water partition coefficient (Wildman–Crippen LogP) is 5.04. The van der Waals surface area contributed by atoms with Crippen molar-refractivity contribution in [1.82, 2.24) is 15.2 Å². The van der Waals surface area contributed by atoms with E-state index >= 15 is 0 Å². The van der Waals surface area contributed by atoms with Gasteiger partial charge in [-0.3, -0.25) is 9.69 Å². The Bertz CT molecular complexity index is 1370. The summed E-state index contributed by atoms with van der Waals surface area (Å²) in [4.78, 5) is 19.9. The second-order valence-electron chi connectivity index (χ2n) is 8.25. The van der Waals surface area contributed by atoms with Gasteiger partial charge >= 0.3 is 0 Å². The van der Waals surface area contributed by atoms with Gasteiger partial charge in [-0.1, -0.05) is 66.7 Å². The zero-order valence-corrected chi connectivity index (χ0v) is 19.2. The Kier molecular flexibility index (Phi) is 5.30.